The van der Waals surface area contributed by atoms with Crippen LogP contribution in [0.25, 0.3) is 5.69 Å². The molecule has 0 unspecified atom stereocenters. The Balaban J connectivity index is 1.59. The molecule has 1 aromatic carbocycles. The molecule has 0 bridgehead atoms. The van der Waals surface area contributed by atoms with Crippen molar-refractivity contribution in [3.05, 3.63) is 47.0 Å². The minimum atomic E-state index is -0.442. The summed E-state index contributed by atoms with van der Waals surface area (Å²) in [7, 11) is 0. The molecular weight excluding hydrogens is 358 g/mol. The third kappa shape index (κ3) is 3.75. The maximum absolute atomic E-state index is 11.9. The Kier molecular flexibility index (Phi) is 4.19. The zero-order valence-corrected chi connectivity index (χ0v) is 15.1. The summed E-state index contributed by atoms with van der Waals surface area (Å²) in [6, 6.07) is 8.36. The minimum absolute atomic E-state index is 0.228. The molecule has 5 nitrogen and oxygen atoms in total. The molecule has 0 aliphatic carbocycles. The number of carbonyl (C=O) groups is 1. The van der Waals surface area contributed by atoms with Gasteiger partial charge in [-0.2, -0.15) is 0 Å². The molecule has 6 heteroatoms. The second-order valence-electron chi connectivity index (χ2n) is 6.78. The molecule has 2 aromatic rings. The molecule has 0 saturated carbocycles. The van der Waals surface area contributed by atoms with Gasteiger partial charge in [-0.15, -0.1) is 0 Å². The lowest BCUT2D eigenvalue weighted by Crippen LogP contribution is -2.50. The number of halogens is 1. The van der Waals surface area contributed by atoms with Crippen molar-refractivity contribution in [2.24, 2.45) is 0 Å². The number of aromatic nitrogens is 2. The van der Waals surface area contributed by atoms with Crippen LogP contribution >= 0.6 is 15.9 Å². The quantitative estimate of drug-likeness (QED) is 0.795. The zero-order chi connectivity index (χ0) is 16.6. The largest absolute Gasteiger partial charge is 0.444 e. The monoisotopic (exact) mass is 377 g/mol. The predicted octanol–water partition coefficient (Wildman–Crippen LogP) is 3.97. The van der Waals surface area contributed by atoms with Gasteiger partial charge in [0.1, 0.15) is 16.5 Å². The summed E-state index contributed by atoms with van der Waals surface area (Å²) in [5.41, 5.74) is 1.87. The van der Waals surface area contributed by atoms with Crippen LogP contribution in [0.15, 0.2) is 41.4 Å². The van der Waals surface area contributed by atoms with E-state index in [1.165, 1.54) is 5.56 Å². The fourth-order valence-corrected chi connectivity index (χ4v) is 2.84. The average molecular weight is 378 g/mol. The first-order valence-corrected chi connectivity index (χ1v) is 8.39. The van der Waals surface area contributed by atoms with Crippen LogP contribution in [0.1, 0.15) is 32.3 Å². The highest BCUT2D eigenvalue weighted by molar-refractivity contribution is 9.10. The second-order valence-corrected chi connectivity index (χ2v) is 7.59. The van der Waals surface area contributed by atoms with Crippen molar-refractivity contribution >= 4 is 22.0 Å². The third-order valence-corrected chi connectivity index (χ3v) is 4.16. The maximum Gasteiger partial charge on any atom is 0.410 e. The van der Waals surface area contributed by atoms with Gasteiger partial charge in [0, 0.05) is 30.9 Å². The Labute approximate surface area is 144 Å². The number of nitrogens with zero attached hydrogens (tertiary/aromatic N) is 3. The lowest BCUT2D eigenvalue weighted by atomic mass is 9.92. The number of likely N-dealkylation sites (tertiary alicyclic amines) is 1. The molecule has 1 amide bonds. The molecule has 0 N–H and O–H groups in total. The van der Waals surface area contributed by atoms with E-state index in [4.69, 9.17) is 4.74 Å². The Morgan fingerprint density at radius 2 is 1.91 bits per heavy atom. The van der Waals surface area contributed by atoms with Gasteiger partial charge in [0.15, 0.2) is 0 Å². The lowest BCUT2D eigenvalue weighted by molar-refractivity contribution is 0.00819. The first kappa shape index (κ1) is 16.1. The summed E-state index contributed by atoms with van der Waals surface area (Å²) in [5.74, 6) is 0.381. The highest BCUT2D eigenvalue weighted by Gasteiger charge is 2.34. The van der Waals surface area contributed by atoms with Crippen molar-refractivity contribution in [3.63, 3.8) is 0 Å². The molecule has 2 heterocycles. The Morgan fingerprint density at radius 3 is 2.43 bits per heavy atom. The van der Waals surface area contributed by atoms with E-state index in [1.54, 1.807) is 11.2 Å². The summed E-state index contributed by atoms with van der Waals surface area (Å²) in [4.78, 5) is 17.9. The maximum atomic E-state index is 11.9. The van der Waals surface area contributed by atoms with Crippen molar-refractivity contribution in [3.8, 4) is 5.69 Å². The van der Waals surface area contributed by atoms with Gasteiger partial charge < -0.3 is 14.2 Å². The van der Waals surface area contributed by atoms with Crippen LogP contribution in [0.2, 0.25) is 0 Å². The summed E-state index contributed by atoms with van der Waals surface area (Å²) < 4.78 is 8.15. The van der Waals surface area contributed by atoms with E-state index in [9.17, 15) is 4.79 Å². The fourth-order valence-electron chi connectivity index (χ4n) is 2.52. The zero-order valence-electron chi connectivity index (χ0n) is 13.5. The van der Waals surface area contributed by atoms with Gasteiger partial charge >= 0.3 is 6.09 Å². The van der Waals surface area contributed by atoms with Crippen LogP contribution in [0.5, 0.6) is 0 Å². The number of hydrogen-bond acceptors (Lipinski definition) is 3. The molecule has 3 rings (SSSR count). The van der Waals surface area contributed by atoms with E-state index in [0.717, 1.165) is 10.3 Å². The Morgan fingerprint density at radius 1 is 1.26 bits per heavy atom. The van der Waals surface area contributed by atoms with Crippen molar-refractivity contribution in [1.29, 1.82) is 0 Å². The minimum Gasteiger partial charge on any atom is -0.444 e. The molecule has 1 aromatic heterocycles. The smallest absolute Gasteiger partial charge is 0.410 e. The van der Waals surface area contributed by atoms with Crippen LogP contribution in [-0.2, 0) is 4.74 Å². The van der Waals surface area contributed by atoms with Crippen molar-refractivity contribution in [1.82, 2.24) is 14.5 Å². The van der Waals surface area contributed by atoms with Gasteiger partial charge in [0.25, 0.3) is 0 Å². The number of amides is 1. The molecule has 122 valence electrons. The topological polar surface area (TPSA) is 47.4 Å². The average Bonchev–Trinajstić information content (AvgIpc) is 2.82. The number of rotatable bonds is 2. The molecule has 1 aliphatic rings. The van der Waals surface area contributed by atoms with E-state index >= 15 is 0 Å². The van der Waals surface area contributed by atoms with Crippen molar-refractivity contribution in [2.75, 3.05) is 13.1 Å². The van der Waals surface area contributed by atoms with Crippen LogP contribution < -0.4 is 0 Å². The standard InChI is InChI=1S/C17H20BrN3O2/c1-17(2,3)23-16(22)20-8-13(9-20)12-4-6-14(7-5-12)21-10-15(18)19-11-21/h4-7,10-11,13H,8-9H2,1-3H3. The molecule has 0 atom stereocenters. The number of hydrogen-bond donors (Lipinski definition) is 0. The second kappa shape index (κ2) is 6.00. The van der Waals surface area contributed by atoms with E-state index in [2.05, 4.69) is 45.2 Å². The Hall–Kier alpha value is -1.82. The molecule has 1 aliphatic heterocycles. The van der Waals surface area contributed by atoms with Gasteiger partial charge in [-0.1, -0.05) is 12.1 Å². The molecule has 1 saturated heterocycles. The molecule has 1 fully saturated rings. The van der Waals surface area contributed by atoms with E-state index in [-0.39, 0.29) is 6.09 Å². The summed E-state index contributed by atoms with van der Waals surface area (Å²) in [6.07, 6.45) is 3.46. The predicted molar refractivity (Wildman–Crippen MR) is 91.8 cm³/mol. The lowest BCUT2D eigenvalue weighted by Gasteiger charge is -2.40. The summed E-state index contributed by atoms with van der Waals surface area (Å²) in [5, 5.41) is 0. The van der Waals surface area contributed by atoms with Crippen molar-refractivity contribution in [2.45, 2.75) is 32.3 Å². The van der Waals surface area contributed by atoms with Gasteiger partial charge in [-0.3, -0.25) is 0 Å². The Bertz CT molecular complexity index is 697. The summed E-state index contributed by atoms with van der Waals surface area (Å²) >= 11 is 3.35. The number of carbonyl (C=O) groups excluding carboxylic acids is 1. The molecule has 23 heavy (non-hydrogen) atoms. The van der Waals surface area contributed by atoms with Gasteiger partial charge in [-0.25, -0.2) is 9.78 Å². The highest BCUT2D eigenvalue weighted by atomic mass is 79.9. The SMILES string of the molecule is CC(C)(C)OC(=O)N1CC(c2ccc(-n3cnc(Br)c3)cc2)C1. The van der Waals surface area contributed by atoms with Gasteiger partial charge in [0.2, 0.25) is 0 Å². The molecular formula is C17H20BrN3O2. The third-order valence-electron chi connectivity index (χ3n) is 3.75. The first-order valence-electron chi connectivity index (χ1n) is 7.59. The van der Waals surface area contributed by atoms with Crippen LogP contribution in [0.3, 0.4) is 0 Å². The van der Waals surface area contributed by atoms with Crippen molar-refractivity contribution < 1.29 is 9.53 Å². The summed E-state index contributed by atoms with van der Waals surface area (Å²) in [6.45, 7) is 7.08. The molecule has 0 radical (unpaired) electrons. The molecule has 0 spiro atoms. The van der Waals surface area contributed by atoms with Gasteiger partial charge in [-0.05, 0) is 54.4 Å². The number of imidazole rings is 1. The normalized spacial score (nSPS) is 15.4. The fraction of sp³-hybridized carbons (Fsp3) is 0.412. The van der Waals surface area contributed by atoms with E-state index in [1.807, 2.05) is 31.5 Å². The van der Waals surface area contributed by atoms with Crippen LogP contribution in [-0.4, -0.2) is 39.2 Å². The first-order chi connectivity index (χ1) is 10.8. The number of ether oxygens (including phenoxy) is 1. The van der Waals surface area contributed by atoms with Crippen LogP contribution in [0.4, 0.5) is 4.79 Å². The van der Waals surface area contributed by atoms with Gasteiger partial charge in [0.05, 0.1) is 0 Å². The van der Waals surface area contributed by atoms with E-state index in [0.29, 0.717) is 19.0 Å². The highest BCUT2D eigenvalue weighted by Crippen LogP contribution is 2.29. The van der Waals surface area contributed by atoms with Crippen LogP contribution in [0, 0.1) is 0 Å². The van der Waals surface area contributed by atoms with E-state index < -0.39 is 5.60 Å². The number of benzene rings is 1.